The van der Waals surface area contributed by atoms with Crippen LogP contribution in [0.1, 0.15) is 34.1 Å². The molecule has 0 aromatic carbocycles. The smallest absolute Gasteiger partial charge is 0.0752 e. The summed E-state index contributed by atoms with van der Waals surface area (Å²) in [5, 5.41) is 1.05. The van der Waals surface area contributed by atoms with E-state index < -0.39 is 0 Å². The van der Waals surface area contributed by atoms with Gasteiger partial charge in [-0.1, -0.05) is 29.8 Å². The highest BCUT2D eigenvalue weighted by Crippen LogP contribution is 2.23. The second kappa shape index (κ2) is 5.15. The van der Waals surface area contributed by atoms with Crippen LogP contribution in [0.2, 0.25) is 0 Å². The third kappa shape index (κ3) is 4.83. The summed E-state index contributed by atoms with van der Waals surface area (Å²) in [5.74, 6) is 0. The summed E-state index contributed by atoms with van der Waals surface area (Å²) in [5.41, 5.74) is 0.360. The molecule has 0 aromatic rings. The summed E-state index contributed by atoms with van der Waals surface area (Å²) in [6, 6.07) is 0. The van der Waals surface area contributed by atoms with Crippen LogP contribution in [0, 0.1) is 5.41 Å². The van der Waals surface area contributed by atoms with Crippen molar-refractivity contribution >= 4 is 15.9 Å². The molecule has 0 atom stereocenters. The van der Waals surface area contributed by atoms with Crippen LogP contribution in [-0.4, -0.2) is 42.1 Å². The maximum absolute atomic E-state index is 5.82. The Hall–Kier alpha value is 0.400. The first-order valence-electron chi connectivity index (χ1n) is 5.77. The Morgan fingerprint density at radius 3 is 2.67 bits per heavy atom. The molecule has 0 amide bonds. The van der Waals surface area contributed by atoms with E-state index >= 15 is 0 Å². The second-order valence-electron chi connectivity index (χ2n) is 5.97. The molecule has 0 bridgehead atoms. The van der Waals surface area contributed by atoms with E-state index in [2.05, 4.69) is 48.5 Å². The van der Waals surface area contributed by atoms with Crippen LogP contribution in [0.3, 0.4) is 0 Å². The molecule has 0 radical (unpaired) electrons. The van der Waals surface area contributed by atoms with E-state index in [0.717, 1.165) is 31.4 Å². The molecule has 1 aliphatic heterocycles. The molecule has 1 saturated heterocycles. The van der Waals surface area contributed by atoms with Gasteiger partial charge in [0.05, 0.1) is 5.60 Å². The van der Waals surface area contributed by atoms with Crippen LogP contribution in [0.5, 0.6) is 0 Å². The second-order valence-corrected chi connectivity index (χ2v) is 6.53. The fraction of sp³-hybridized carbons (Fsp3) is 1.00. The highest BCUT2D eigenvalue weighted by Gasteiger charge is 2.28. The summed E-state index contributed by atoms with van der Waals surface area (Å²) < 4.78 is 5.82. The van der Waals surface area contributed by atoms with Gasteiger partial charge in [-0.15, -0.1) is 0 Å². The lowest BCUT2D eigenvalue weighted by Gasteiger charge is -2.34. The molecule has 15 heavy (non-hydrogen) atoms. The van der Waals surface area contributed by atoms with Crippen LogP contribution in [0.4, 0.5) is 0 Å². The minimum atomic E-state index is 0.0128. The number of hydrogen-bond donors (Lipinski definition) is 0. The van der Waals surface area contributed by atoms with Crippen LogP contribution in [0.15, 0.2) is 0 Å². The predicted molar refractivity (Wildman–Crippen MR) is 68.7 cm³/mol. The first kappa shape index (κ1) is 13.5. The number of nitrogens with zero attached hydrogens (tertiary/aromatic N) is 1. The summed E-state index contributed by atoms with van der Waals surface area (Å²) in [4.78, 5) is 2.54. The molecule has 1 aliphatic rings. The Kier molecular flexibility index (Phi) is 4.63. The summed E-state index contributed by atoms with van der Waals surface area (Å²) >= 11 is 3.59. The van der Waals surface area contributed by atoms with Gasteiger partial charge in [-0.2, -0.15) is 0 Å². The normalized spacial score (nSPS) is 23.8. The van der Waals surface area contributed by atoms with E-state index in [1.165, 1.54) is 6.54 Å². The molecule has 0 N–H and O–H groups in total. The largest absolute Gasteiger partial charge is 0.374 e. The van der Waals surface area contributed by atoms with E-state index in [-0.39, 0.29) is 5.60 Å². The average Bonchev–Trinajstić information content (AvgIpc) is 2.25. The van der Waals surface area contributed by atoms with E-state index in [1.807, 2.05) is 0 Å². The van der Waals surface area contributed by atoms with Crippen LogP contribution in [-0.2, 0) is 4.74 Å². The third-order valence-corrected chi connectivity index (χ3v) is 4.25. The molecule has 1 fully saturated rings. The number of hydrogen-bond acceptors (Lipinski definition) is 2. The van der Waals surface area contributed by atoms with Crippen LogP contribution >= 0.6 is 15.9 Å². The number of ether oxygens (including phenoxy) is 1. The van der Waals surface area contributed by atoms with Crippen molar-refractivity contribution < 1.29 is 4.74 Å². The maximum Gasteiger partial charge on any atom is 0.0752 e. The van der Waals surface area contributed by atoms with Crippen molar-refractivity contribution in [3.63, 3.8) is 0 Å². The van der Waals surface area contributed by atoms with Crippen LogP contribution < -0.4 is 0 Å². The number of alkyl halides is 1. The molecule has 1 heterocycles. The van der Waals surface area contributed by atoms with Crippen molar-refractivity contribution in [3.05, 3.63) is 0 Å². The molecule has 0 spiro atoms. The molecule has 3 heteroatoms. The van der Waals surface area contributed by atoms with Gasteiger partial charge in [-0.25, -0.2) is 0 Å². The first-order chi connectivity index (χ1) is 6.85. The zero-order valence-corrected chi connectivity index (χ0v) is 12.1. The molecular weight excluding hydrogens is 254 g/mol. The van der Waals surface area contributed by atoms with Gasteiger partial charge < -0.3 is 4.74 Å². The van der Waals surface area contributed by atoms with Crippen molar-refractivity contribution in [2.75, 3.05) is 31.6 Å². The molecule has 1 rings (SSSR count). The number of rotatable bonds is 3. The zero-order chi connectivity index (χ0) is 11.5. The molecule has 90 valence electrons. The highest BCUT2D eigenvalue weighted by molar-refractivity contribution is 9.09. The van der Waals surface area contributed by atoms with E-state index in [0.29, 0.717) is 5.41 Å². The van der Waals surface area contributed by atoms with Crippen LogP contribution in [0.25, 0.3) is 0 Å². The minimum absolute atomic E-state index is 0.0128. The maximum atomic E-state index is 5.82. The lowest BCUT2D eigenvalue weighted by atomic mass is 9.95. The van der Waals surface area contributed by atoms with Gasteiger partial charge in [0.15, 0.2) is 0 Å². The van der Waals surface area contributed by atoms with Crippen molar-refractivity contribution in [1.82, 2.24) is 4.90 Å². The lowest BCUT2D eigenvalue weighted by molar-refractivity contribution is -0.0199. The Morgan fingerprint density at radius 2 is 2.07 bits per heavy atom. The van der Waals surface area contributed by atoms with Crippen molar-refractivity contribution in [3.8, 4) is 0 Å². The zero-order valence-electron chi connectivity index (χ0n) is 10.5. The summed E-state index contributed by atoms with van der Waals surface area (Å²) in [6.45, 7) is 13.2. The van der Waals surface area contributed by atoms with Gasteiger partial charge in [0.2, 0.25) is 0 Å². The topological polar surface area (TPSA) is 12.5 Å². The van der Waals surface area contributed by atoms with E-state index in [1.54, 1.807) is 0 Å². The summed E-state index contributed by atoms with van der Waals surface area (Å²) in [6.07, 6.45) is 1.15. The van der Waals surface area contributed by atoms with Gasteiger partial charge in [0, 0.05) is 31.6 Å². The van der Waals surface area contributed by atoms with Gasteiger partial charge in [0.25, 0.3) is 0 Å². The molecule has 2 nitrogen and oxygen atoms in total. The SMILES string of the molecule is CC(C)(CBr)CN1CCCOC(C)(C)C1. The monoisotopic (exact) mass is 277 g/mol. The van der Waals surface area contributed by atoms with E-state index in [4.69, 9.17) is 4.74 Å². The lowest BCUT2D eigenvalue weighted by Crippen LogP contribution is -2.43. The van der Waals surface area contributed by atoms with Crippen molar-refractivity contribution in [2.45, 2.75) is 39.7 Å². The van der Waals surface area contributed by atoms with Gasteiger partial charge in [-0.05, 0) is 25.7 Å². The van der Waals surface area contributed by atoms with Crippen molar-refractivity contribution in [1.29, 1.82) is 0 Å². The first-order valence-corrected chi connectivity index (χ1v) is 6.89. The summed E-state index contributed by atoms with van der Waals surface area (Å²) in [7, 11) is 0. The van der Waals surface area contributed by atoms with E-state index in [9.17, 15) is 0 Å². The van der Waals surface area contributed by atoms with Gasteiger partial charge in [-0.3, -0.25) is 4.90 Å². The predicted octanol–water partition coefficient (Wildman–Crippen LogP) is 2.91. The average molecular weight is 278 g/mol. The highest BCUT2D eigenvalue weighted by atomic mass is 79.9. The number of halogens is 1. The minimum Gasteiger partial charge on any atom is -0.374 e. The molecule has 0 unspecified atom stereocenters. The quantitative estimate of drug-likeness (QED) is 0.736. The van der Waals surface area contributed by atoms with Crippen molar-refractivity contribution in [2.24, 2.45) is 5.41 Å². The molecule has 0 aromatic heterocycles. The van der Waals surface area contributed by atoms with Gasteiger partial charge >= 0.3 is 0 Å². The Balaban J connectivity index is 2.53. The molecular formula is C12H24BrNO. The Labute approximate surface area is 102 Å². The fourth-order valence-corrected chi connectivity index (χ4v) is 2.26. The van der Waals surface area contributed by atoms with Gasteiger partial charge in [0.1, 0.15) is 0 Å². The standard InChI is InChI=1S/C12H24BrNO/c1-11(2,8-13)9-14-6-5-7-15-12(3,4)10-14/h5-10H2,1-4H3. The third-order valence-electron chi connectivity index (χ3n) is 2.73. The fourth-order valence-electron chi connectivity index (χ4n) is 2.08. The molecule has 0 saturated carbocycles. The Morgan fingerprint density at radius 1 is 1.40 bits per heavy atom. The molecule has 0 aliphatic carbocycles. The Bertz CT molecular complexity index is 204.